The SMILES string of the molecule is CC(=O)O[C@H]1[C@@H](O)[C@H](OC(C)=O)CO[C@@H]1O. The Morgan fingerprint density at radius 3 is 2.25 bits per heavy atom. The fourth-order valence-corrected chi connectivity index (χ4v) is 1.40. The number of carbonyl (C=O) groups is 2. The Kier molecular flexibility index (Phi) is 4.22. The van der Waals surface area contributed by atoms with Gasteiger partial charge in [-0.25, -0.2) is 0 Å². The maximum Gasteiger partial charge on any atom is 0.303 e. The van der Waals surface area contributed by atoms with Crippen LogP contribution in [0.4, 0.5) is 0 Å². The van der Waals surface area contributed by atoms with Crippen molar-refractivity contribution in [3.05, 3.63) is 0 Å². The second kappa shape index (κ2) is 5.24. The van der Waals surface area contributed by atoms with Gasteiger partial charge < -0.3 is 24.4 Å². The van der Waals surface area contributed by atoms with Crippen LogP contribution in [0.1, 0.15) is 13.8 Å². The standard InChI is InChI=1S/C9H14O7/c1-4(10)15-6-3-14-9(13)8(7(6)12)16-5(2)11/h6-9,12-13H,3H2,1-2H3/t6-,7+,8+,9+/m1/s1. The topological polar surface area (TPSA) is 102 Å². The highest BCUT2D eigenvalue weighted by atomic mass is 16.7. The zero-order chi connectivity index (χ0) is 12.3. The van der Waals surface area contributed by atoms with E-state index in [2.05, 4.69) is 4.74 Å². The molecule has 0 aromatic carbocycles. The number of rotatable bonds is 2. The van der Waals surface area contributed by atoms with Gasteiger partial charge in [0.15, 0.2) is 18.5 Å². The third-order valence-corrected chi connectivity index (χ3v) is 2.05. The van der Waals surface area contributed by atoms with Gasteiger partial charge >= 0.3 is 11.9 Å². The van der Waals surface area contributed by atoms with E-state index in [0.29, 0.717) is 0 Å². The number of hydrogen-bond donors (Lipinski definition) is 2. The molecule has 1 aliphatic rings. The quantitative estimate of drug-likeness (QED) is 0.564. The van der Waals surface area contributed by atoms with Gasteiger partial charge in [0.1, 0.15) is 6.10 Å². The minimum Gasteiger partial charge on any atom is -0.457 e. The molecule has 1 fully saturated rings. The molecule has 7 nitrogen and oxygen atoms in total. The number of aliphatic hydroxyl groups is 2. The highest BCUT2D eigenvalue weighted by molar-refractivity contribution is 5.67. The first-order chi connectivity index (χ1) is 7.41. The monoisotopic (exact) mass is 234 g/mol. The van der Waals surface area contributed by atoms with Gasteiger partial charge in [0.05, 0.1) is 6.61 Å². The van der Waals surface area contributed by atoms with Crippen molar-refractivity contribution in [2.75, 3.05) is 6.61 Å². The lowest BCUT2D eigenvalue weighted by Gasteiger charge is -2.36. The molecule has 1 saturated heterocycles. The van der Waals surface area contributed by atoms with Crippen LogP contribution in [0.5, 0.6) is 0 Å². The lowest BCUT2D eigenvalue weighted by atomic mass is 10.1. The van der Waals surface area contributed by atoms with E-state index in [1.165, 1.54) is 6.92 Å². The lowest BCUT2D eigenvalue weighted by Crippen LogP contribution is -2.55. The lowest BCUT2D eigenvalue weighted by molar-refractivity contribution is -0.263. The zero-order valence-corrected chi connectivity index (χ0v) is 8.95. The summed E-state index contributed by atoms with van der Waals surface area (Å²) in [6.45, 7) is 2.16. The van der Waals surface area contributed by atoms with Crippen molar-refractivity contribution in [1.29, 1.82) is 0 Å². The molecular weight excluding hydrogens is 220 g/mol. The number of esters is 2. The van der Waals surface area contributed by atoms with E-state index in [-0.39, 0.29) is 6.61 Å². The van der Waals surface area contributed by atoms with E-state index < -0.39 is 36.5 Å². The highest BCUT2D eigenvalue weighted by Crippen LogP contribution is 2.19. The third kappa shape index (κ3) is 3.16. The van der Waals surface area contributed by atoms with Crippen LogP contribution >= 0.6 is 0 Å². The molecule has 0 unspecified atom stereocenters. The van der Waals surface area contributed by atoms with Gasteiger partial charge in [0.25, 0.3) is 0 Å². The largest absolute Gasteiger partial charge is 0.457 e. The summed E-state index contributed by atoms with van der Waals surface area (Å²) in [6.07, 6.45) is -4.94. The van der Waals surface area contributed by atoms with Crippen molar-refractivity contribution in [3.63, 3.8) is 0 Å². The molecule has 0 aromatic heterocycles. The molecule has 1 aliphatic heterocycles. The van der Waals surface area contributed by atoms with Gasteiger partial charge in [0.2, 0.25) is 0 Å². The van der Waals surface area contributed by atoms with Gasteiger partial charge in [-0.15, -0.1) is 0 Å². The molecule has 16 heavy (non-hydrogen) atoms. The maximum absolute atomic E-state index is 10.7. The molecular formula is C9H14O7. The van der Waals surface area contributed by atoms with Crippen molar-refractivity contribution < 1.29 is 34.0 Å². The van der Waals surface area contributed by atoms with E-state index in [1.807, 2.05) is 0 Å². The van der Waals surface area contributed by atoms with Gasteiger partial charge in [-0.3, -0.25) is 9.59 Å². The van der Waals surface area contributed by atoms with Crippen LogP contribution in [-0.4, -0.2) is 53.4 Å². The summed E-state index contributed by atoms with van der Waals surface area (Å²) in [7, 11) is 0. The fraction of sp³-hybridized carbons (Fsp3) is 0.778. The number of carbonyl (C=O) groups excluding carboxylic acids is 2. The Morgan fingerprint density at radius 2 is 1.75 bits per heavy atom. The van der Waals surface area contributed by atoms with Crippen molar-refractivity contribution in [2.24, 2.45) is 0 Å². The Hall–Kier alpha value is -1.18. The molecule has 0 amide bonds. The first-order valence-corrected chi connectivity index (χ1v) is 4.74. The van der Waals surface area contributed by atoms with Crippen LogP contribution in [0.15, 0.2) is 0 Å². The van der Waals surface area contributed by atoms with Crippen molar-refractivity contribution in [2.45, 2.75) is 38.4 Å². The Bertz CT molecular complexity index is 277. The Balaban J connectivity index is 2.66. The molecule has 0 aromatic rings. The van der Waals surface area contributed by atoms with Crippen molar-refractivity contribution in [3.8, 4) is 0 Å². The molecule has 7 heteroatoms. The average molecular weight is 234 g/mol. The van der Waals surface area contributed by atoms with Gasteiger partial charge in [-0.2, -0.15) is 0 Å². The van der Waals surface area contributed by atoms with Crippen LogP contribution in [-0.2, 0) is 23.8 Å². The smallest absolute Gasteiger partial charge is 0.303 e. The predicted octanol–water partition coefficient (Wildman–Crippen LogP) is -1.44. The van der Waals surface area contributed by atoms with Gasteiger partial charge in [-0.1, -0.05) is 0 Å². The second-order valence-corrected chi connectivity index (χ2v) is 3.44. The van der Waals surface area contributed by atoms with E-state index in [1.54, 1.807) is 0 Å². The summed E-state index contributed by atoms with van der Waals surface area (Å²) in [6, 6.07) is 0. The minimum absolute atomic E-state index is 0.153. The Labute approximate surface area is 91.9 Å². The van der Waals surface area contributed by atoms with Gasteiger partial charge in [-0.05, 0) is 0 Å². The zero-order valence-electron chi connectivity index (χ0n) is 8.95. The predicted molar refractivity (Wildman–Crippen MR) is 49.1 cm³/mol. The molecule has 0 aliphatic carbocycles. The van der Waals surface area contributed by atoms with E-state index in [9.17, 15) is 19.8 Å². The summed E-state index contributed by atoms with van der Waals surface area (Å²) in [5, 5.41) is 19.0. The number of ether oxygens (including phenoxy) is 3. The maximum atomic E-state index is 10.7. The molecule has 0 saturated carbocycles. The van der Waals surface area contributed by atoms with Crippen molar-refractivity contribution in [1.82, 2.24) is 0 Å². The van der Waals surface area contributed by atoms with Crippen LogP contribution < -0.4 is 0 Å². The van der Waals surface area contributed by atoms with E-state index in [4.69, 9.17) is 9.47 Å². The van der Waals surface area contributed by atoms with Crippen LogP contribution in [0.3, 0.4) is 0 Å². The van der Waals surface area contributed by atoms with E-state index in [0.717, 1.165) is 6.92 Å². The van der Waals surface area contributed by atoms with E-state index >= 15 is 0 Å². The summed E-state index contributed by atoms with van der Waals surface area (Å²) < 4.78 is 14.2. The van der Waals surface area contributed by atoms with Crippen LogP contribution in [0, 0.1) is 0 Å². The first kappa shape index (κ1) is 12.9. The fourth-order valence-electron chi connectivity index (χ4n) is 1.40. The molecule has 2 N–H and O–H groups in total. The van der Waals surface area contributed by atoms with Crippen LogP contribution in [0.25, 0.3) is 0 Å². The molecule has 0 radical (unpaired) electrons. The average Bonchev–Trinajstić information content (AvgIpc) is 2.16. The molecule has 1 rings (SSSR count). The number of hydrogen-bond acceptors (Lipinski definition) is 7. The summed E-state index contributed by atoms with van der Waals surface area (Å²) >= 11 is 0. The normalized spacial score (nSPS) is 34.2. The summed E-state index contributed by atoms with van der Waals surface area (Å²) in [5.41, 5.74) is 0. The molecule has 92 valence electrons. The third-order valence-electron chi connectivity index (χ3n) is 2.05. The molecule has 4 atom stereocenters. The summed E-state index contributed by atoms with van der Waals surface area (Å²) in [5.74, 6) is -1.26. The Morgan fingerprint density at radius 1 is 1.19 bits per heavy atom. The highest BCUT2D eigenvalue weighted by Gasteiger charge is 2.42. The first-order valence-electron chi connectivity index (χ1n) is 4.74. The number of aliphatic hydroxyl groups excluding tert-OH is 2. The molecule has 0 bridgehead atoms. The van der Waals surface area contributed by atoms with Crippen molar-refractivity contribution >= 4 is 11.9 Å². The second-order valence-electron chi connectivity index (χ2n) is 3.44. The molecule has 1 heterocycles. The summed E-state index contributed by atoms with van der Waals surface area (Å²) in [4.78, 5) is 21.4. The van der Waals surface area contributed by atoms with Crippen LogP contribution in [0.2, 0.25) is 0 Å². The molecule has 0 spiro atoms. The van der Waals surface area contributed by atoms with Gasteiger partial charge in [0, 0.05) is 13.8 Å². The minimum atomic E-state index is -1.43.